The van der Waals surface area contributed by atoms with Gasteiger partial charge in [0.25, 0.3) is 11.8 Å². The first-order valence-corrected chi connectivity index (χ1v) is 9.13. The minimum atomic E-state index is -0.594. The summed E-state index contributed by atoms with van der Waals surface area (Å²) in [5, 5.41) is 5.60. The molecule has 0 aliphatic heterocycles. The van der Waals surface area contributed by atoms with Gasteiger partial charge >= 0.3 is 0 Å². The van der Waals surface area contributed by atoms with Crippen LogP contribution < -0.4 is 16.4 Å². The van der Waals surface area contributed by atoms with Gasteiger partial charge in [-0.15, -0.1) is 12.4 Å². The van der Waals surface area contributed by atoms with Crippen LogP contribution in [0.4, 0.5) is 10.1 Å². The number of anilines is 1. The highest BCUT2D eigenvalue weighted by Crippen LogP contribution is 2.19. The number of carbonyl (C=O) groups is 2. The average molecular weight is 408 g/mol. The summed E-state index contributed by atoms with van der Waals surface area (Å²) in [6, 6.07) is 10.7. The fourth-order valence-electron chi connectivity index (χ4n) is 2.70. The Bertz CT molecular complexity index is 814. The number of unbranched alkanes of at least 4 members (excludes halogenated alkanes) is 1. The molecule has 0 saturated heterocycles. The maximum absolute atomic E-state index is 13.8. The number of aryl methyl sites for hydroxylation is 1. The largest absolute Gasteiger partial charge is 0.348 e. The molecule has 2 aromatic carbocycles. The number of hydrogen-bond acceptors (Lipinski definition) is 3. The standard InChI is InChI=1S/C21H26FN3O2.ClH/c1-3-4-7-16(13-23)24-20(26)15-11-10-14(2)19(12-15)25-21(27)17-8-5-6-9-18(17)22;/h5-6,8-12,16H,3-4,7,13,23H2,1-2H3,(H,24,26)(H,25,27);1H. The molecule has 0 radical (unpaired) electrons. The average Bonchev–Trinajstić information content (AvgIpc) is 2.66. The van der Waals surface area contributed by atoms with Crippen molar-refractivity contribution in [3.63, 3.8) is 0 Å². The Balaban J connectivity index is 0.00000392. The lowest BCUT2D eigenvalue weighted by Crippen LogP contribution is -2.40. The second kappa shape index (κ2) is 11.4. The van der Waals surface area contributed by atoms with Crippen LogP contribution in [0.1, 0.15) is 52.5 Å². The molecule has 1 atom stereocenters. The quantitative estimate of drug-likeness (QED) is 0.617. The van der Waals surface area contributed by atoms with Crippen molar-refractivity contribution in [1.82, 2.24) is 5.32 Å². The molecule has 28 heavy (non-hydrogen) atoms. The van der Waals surface area contributed by atoms with Crippen molar-refractivity contribution >= 4 is 29.9 Å². The van der Waals surface area contributed by atoms with Crippen molar-refractivity contribution in [2.45, 2.75) is 39.2 Å². The lowest BCUT2D eigenvalue weighted by molar-refractivity contribution is 0.0934. The van der Waals surface area contributed by atoms with E-state index in [1.54, 1.807) is 24.3 Å². The van der Waals surface area contributed by atoms with Crippen LogP contribution >= 0.6 is 12.4 Å². The molecule has 5 nitrogen and oxygen atoms in total. The van der Waals surface area contributed by atoms with Gasteiger partial charge in [0.1, 0.15) is 5.82 Å². The highest BCUT2D eigenvalue weighted by atomic mass is 35.5. The number of carbonyl (C=O) groups excluding carboxylic acids is 2. The summed E-state index contributed by atoms with van der Waals surface area (Å²) in [7, 11) is 0. The van der Waals surface area contributed by atoms with Gasteiger partial charge in [0.15, 0.2) is 0 Å². The summed E-state index contributed by atoms with van der Waals surface area (Å²) in [5.41, 5.74) is 7.34. The number of nitrogens with two attached hydrogens (primary N) is 1. The van der Waals surface area contributed by atoms with Crippen molar-refractivity contribution < 1.29 is 14.0 Å². The van der Waals surface area contributed by atoms with Gasteiger partial charge in [-0.05, 0) is 43.2 Å². The maximum Gasteiger partial charge on any atom is 0.258 e. The van der Waals surface area contributed by atoms with Gasteiger partial charge < -0.3 is 16.4 Å². The highest BCUT2D eigenvalue weighted by molar-refractivity contribution is 6.05. The first kappa shape index (κ1) is 23.6. The zero-order valence-electron chi connectivity index (χ0n) is 16.1. The number of halogens is 2. The van der Waals surface area contributed by atoms with Crippen molar-refractivity contribution in [2.24, 2.45) is 5.73 Å². The lowest BCUT2D eigenvalue weighted by Gasteiger charge is -2.17. The summed E-state index contributed by atoms with van der Waals surface area (Å²) >= 11 is 0. The molecule has 0 saturated carbocycles. The van der Waals surface area contributed by atoms with E-state index in [0.717, 1.165) is 24.8 Å². The van der Waals surface area contributed by atoms with Crippen LogP contribution in [0.2, 0.25) is 0 Å². The number of hydrogen-bond donors (Lipinski definition) is 3. The number of rotatable bonds is 8. The zero-order valence-corrected chi connectivity index (χ0v) is 16.9. The Kier molecular flexibility index (Phi) is 9.62. The molecule has 0 fully saturated rings. The van der Waals surface area contributed by atoms with Gasteiger partial charge in [-0.25, -0.2) is 4.39 Å². The summed E-state index contributed by atoms with van der Waals surface area (Å²) in [4.78, 5) is 24.9. The van der Waals surface area contributed by atoms with Crippen LogP contribution in [-0.2, 0) is 0 Å². The number of amides is 2. The van der Waals surface area contributed by atoms with Crippen LogP contribution in [0.15, 0.2) is 42.5 Å². The van der Waals surface area contributed by atoms with E-state index in [1.165, 1.54) is 18.2 Å². The fourth-order valence-corrected chi connectivity index (χ4v) is 2.70. The van der Waals surface area contributed by atoms with Gasteiger partial charge in [-0.2, -0.15) is 0 Å². The van der Waals surface area contributed by atoms with Gasteiger partial charge in [-0.3, -0.25) is 9.59 Å². The SMILES string of the molecule is CCCCC(CN)NC(=O)c1ccc(C)c(NC(=O)c2ccccc2F)c1.Cl. The summed E-state index contributed by atoms with van der Waals surface area (Å²) in [6.45, 7) is 4.26. The van der Waals surface area contributed by atoms with E-state index >= 15 is 0 Å². The molecule has 2 rings (SSSR count). The van der Waals surface area contributed by atoms with E-state index in [2.05, 4.69) is 17.6 Å². The van der Waals surface area contributed by atoms with E-state index in [0.29, 0.717) is 17.8 Å². The third-order valence-corrected chi connectivity index (χ3v) is 4.39. The van der Waals surface area contributed by atoms with Crippen LogP contribution in [0, 0.1) is 12.7 Å². The number of nitrogens with one attached hydrogen (secondary N) is 2. The molecule has 0 bridgehead atoms. The van der Waals surface area contributed by atoms with Crippen LogP contribution in [0.5, 0.6) is 0 Å². The monoisotopic (exact) mass is 407 g/mol. The Hall–Kier alpha value is -2.44. The molecule has 4 N–H and O–H groups in total. The zero-order chi connectivity index (χ0) is 19.8. The third-order valence-electron chi connectivity index (χ3n) is 4.39. The predicted octanol–water partition coefficient (Wildman–Crippen LogP) is 4.06. The van der Waals surface area contributed by atoms with Crippen LogP contribution in [0.25, 0.3) is 0 Å². The van der Waals surface area contributed by atoms with Crippen molar-refractivity contribution in [3.05, 3.63) is 65.0 Å². The molecule has 2 amide bonds. The molecule has 152 valence electrons. The van der Waals surface area contributed by atoms with E-state index in [1.807, 2.05) is 6.92 Å². The van der Waals surface area contributed by atoms with Gasteiger partial charge in [-0.1, -0.05) is 38.0 Å². The molecule has 0 aliphatic carbocycles. The lowest BCUT2D eigenvalue weighted by atomic mass is 10.1. The fraction of sp³-hybridized carbons (Fsp3) is 0.333. The predicted molar refractivity (Wildman–Crippen MR) is 113 cm³/mol. The third kappa shape index (κ3) is 6.32. The Labute approximate surface area is 171 Å². The van der Waals surface area contributed by atoms with E-state index in [4.69, 9.17) is 5.73 Å². The van der Waals surface area contributed by atoms with Gasteiger partial charge in [0, 0.05) is 23.8 Å². The van der Waals surface area contributed by atoms with Crippen LogP contribution in [-0.4, -0.2) is 24.4 Å². The molecule has 7 heteroatoms. The summed E-state index contributed by atoms with van der Waals surface area (Å²) in [6.07, 6.45) is 2.84. The summed E-state index contributed by atoms with van der Waals surface area (Å²) < 4.78 is 13.8. The molecule has 0 aromatic heterocycles. The van der Waals surface area contributed by atoms with Crippen molar-refractivity contribution in [2.75, 3.05) is 11.9 Å². The Morgan fingerprint density at radius 3 is 2.50 bits per heavy atom. The molecule has 1 unspecified atom stereocenters. The van der Waals surface area contributed by atoms with Crippen molar-refractivity contribution in [3.8, 4) is 0 Å². The minimum absolute atomic E-state index is 0. The molecule has 2 aromatic rings. The number of benzene rings is 2. The molecule has 0 aliphatic rings. The topological polar surface area (TPSA) is 84.2 Å². The van der Waals surface area contributed by atoms with Gasteiger partial charge in [0.05, 0.1) is 5.56 Å². The second-order valence-corrected chi connectivity index (χ2v) is 6.51. The van der Waals surface area contributed by atoms with E-state index in [9.17, 15) is 14.0 Å². The molecule has 0 spiro atoms. The Morgan fingerprint density at radius 1 is 1.14 bits per heavy atom. The molecule has 0 heterocycles. The minimum Gasteiger partial charge on any atom is -0.348 e. The van der Waals surface area contributed by atoms with Gasteiger partial charge in [0.2, 0.25) is 0 Å². The summed E-state index contributed by atoms with van der Waals surface area (Å²) in [5.74, 6) is -1.40. The molecular weight excluding hydrogens is 381 g/mol. The first-order chi connectivity index (χ1) is 13.0. The first-order valence-electron chi connectivity index (χ1n) is 9.13. The smallest absolute Gasteiger partial charge is 0.258 e. The van der Waals surface area contributed by atoms with Crippen molar-refractivity contribution in [1.29, 1.82) is 0 Å². The second-order valence-electron chi connectivity index (χ2n) is 6.51. The maximum atomic E-state index is 13.8. The normalized spacial score (nSPS) is 11.3. The highest BCUT2D eigenvalue weighted by Gasteiger charge is 2.16. The van der Waals surface area contributed by atoms with Crippen LogP contribution in [0.3, 0.4) is 0 Å². The van der Waals surface area contributed by atoms with E-state index in [-0.39, 0.29) is 29.9 Å². The van der Waals surface area contributed by atoms with E-state index < -0.39 is 11.7 Å². The molecular formula is C21H27ClFN3O2. The Morgan fingerprint density at radius 2 is 1.86 bits per heavy atom.